The first kappa shape index (κ1) is 12.8. The van der Waals surface area contributed by atoms with E-state index in [-0.39, 0.29) is 6.54 Å². The van der Waals surface area contributed by atoms with Crippen LogP contribution >= 0.6 is 11.6 Å². The molecule has 20 heavy (non-hydrogen) atoms. The molecule has 3 rings (SSSR count). The number of aryl methyl sites for hydroxylation is 1. The molecule has 0 N–H and O–H groups in total. The van der Waals surface area contributed by atoms with Gasteiger partial charge in [0.1, 0.15) is 5.15 Å². The number of anilines is 1. The molecule has 0 saturated carbocycles. The van der Waals surface area contributed by atoms with Gasteiger partial charge in [0.05, 0.1) is 23.5 Å². The molecule has 1 amide bonds. The number of nitrogens with zero attached hydrogens (tertiary/aromatic N) is 2. The van der Waals surface area contributed by atoms with E-state index in [0.717, 1.165) is 5.56 Å². The number of hydrogen-bond acceptors (Lipinski definition) is 3. The lowest BCUT2D eigenvalue weighted by Crippen LogP contribution is -2.29. The second-order valence-corrected chi connectivity index (χ2v) is 5.08. The molecular formula is C15H11ClN2O2. The first-order valence-corrected chi connectivity index (χ1v) is 6.52. The number of rotatable bonds is 2. The third-order valence-corrected chi connectivity index (χ3v) is 3.43. The molecule has 2 aromatic rings. The molecular weight excluding hydrogens is 276 g/mol. The molecule has 5 heteroatoms. The summed E-state index contributed by atoms with van der Waals surface area (Å²) in [7, 11) is 0. The Morgan fingerprint density at radius 3 is 2.75 bits per heavy atom. The number of ketones is 1. The fraction of sp³-hybridized carbons (Fsp3) is 0.133. The van der Waals surface area contributed by atoms with Gasteiger partial charge in [0, 0.05) is 0 Å². The summed E-state index contributed by atoms with van der Waals surface area (Å²) >= 11 is 5.83. The Morgan fingerprint density at radius 2 is 2.00 bits per heavy atom. The number of Topliss-reactive ketones (excluding diaryl/α,β-unsaturated/α-hetero) is 1. The van der Waals surface area contributed by atoms with Gasteiger partial charge in [0.25, 0.3) is 11.7 Å². The molecule has 0 radical (unpaired) electrons. The molecule has 4 nitrogen and oxygen atoms in total. The molecule has 0 fully saturated rings. The maximum atomic E-state index is 12.1. The monoisotopic (exact) mass is 286 g/mol. The quantitative estimate of drug-likeness (QED) is 0.630. The molecule has 2 heterocycles. The number of amides is 1. The van der Waals surface area contributed by atoms with E-state index in [4.69, 9.17) is 11.6 Å². The van der Waals surface area contributed by atoms with Gasteiger partial charge in [-0.15, -0.1) is 0 Å². The van der Waals surface area contributed by atoms with Crippen LogP contribution in [0.4, 0.5) is 5.69 Å². The summed E-state index contributed by atoms with van der Waals surface area (Å²) in [5.74, 6) is -0.988. The normalized spacial score (nSPS) is 13.8. The van der Waals surface area contributed by atoms with E-state index in [2.05, 4.69) is 4.98 Å². The van der Waals surface area contributed by atoms with Crippen LogP contribution in [0.25, 0.3) is 0 Å². The molecule has 0 atom stereocenters. The van der Waals surface area contributed by atoms with Crippen molar-refractivity contribution in [2.45, 2.75) is 13.5 Å². The van der Waals surface area contributed by atoms with Crippen LogP contribution in [0, 0.1) is 6.92 Å². The highest BCUT2D eigenvalue weighted by molar-refractivity contribution is 6.52. The lowest BCUT2D eigenvalue weighted by Gasteiger charge is -2.16. The second kappa shape index (κ2) is 4.72. The highest BCUT2D eigenvalue weighted by Crippen LogP contribution is 2.30. The maximum absolute atomic E-state index is 12.1. The van der Waals surface area contributed by atoms with Crippen molar-refractivity contribution in [1.82, 2.24) is 4.98 Å². The van der Waals surface area contributed by atoms with Crippen LogP contribution < -0.4 is 4.90 Å². The van der Waals surface area contributed by atoms with E-state index < -0.39 is 11.7 Å². The zero-order valence-corrected chi connectivity index (χ0v) is 11.5. The molecule has 0 saturated heterocycles. The van der Waals surface area contributed by atoms with Gasteiger partial charge in [0.2, 0.25) is 0 Å². The van der Waals surface area contributed by atoms with Crippen molar-refractivity contribution >= 4 is 29.0 Å². The minimum atomic E-state index is -0.521. The van der Waals surface area contributed by atoms with Gasteiger partial charge in [-0.1, -0.05) is 29.3 Å². The molecule has 0 bridgehead atoms. The average Bonchev–Trinajstić information content (AvgIpc) is 2.64. The predicted molar refractivity (Wildman–Crippen MR) is 75.9 cm³/mol. The summed E-state index contributed by atoms with van der Waals surface area (Å²) in [6.07, 6.45) is 0. The Bertz CT molecular complexity index is 728. The average molecular weight is 287 g/mol. The third-order valence-electron chi connectivity index (χ3n) is 3.22. The fourth-order valence-corrected chi connectivity index (χ4v) is 2.45. The maximum Gasteiger partial charge on any atom is 0.299 e. The zero-order chi connectivity index (χ0) is 14.3. The van der Waals surface area contributed by atoms with E-state index in [9.17, 15) is 9.59 Å². The summed E-state index contributed by atoms with van der Waals surface area (Å²) < 4.78 is 0. The van der Waals surface area contributed by atoms with Crippen LogP contribution in [-0.2, 0) is 11.3 Å². The van der Waals surface area contributed by atoms with Crippen molar-refractivity contribution in [2.24, 2.45) is 0 Å². The first-order valence-electron chi connectivity index (χ1n) is 6.14. The van der Waals surface area contributed by atoms with Crippen LogP contribution in [0.3, 0.4) is 0 Å². The fourth-order valence-electron chi connectivity index (χ4n) is 2.27. The second-order valence-electron chi connectivity index (χ2n) is 4.69. The Morgan fingerprint density at radius 1 is 1.20 bits per heavy atom. The molecule has 1 aromatic heterocycles. The predicted octanol–water partition coefficient (Wildman–Crippen LogP) is 2.77. The molecule has 0 unspecified atom stereocenters. The van der Waals surface area contributed by atoms with Gasteiger partial charge in [-0.25, -0.2) is 4.98 Å². The number of carbonyl (C=O) groups excluding carboxylic acids is 2. The highest BCUT2D eigenvalue weighted by atomic mass is 35.5. The number of hydrogen-bond donors (Lipinski definition) is 0. The van der Waals surface area contributed by atoms with E-state index in [1.165, 1.54) is 4.90 Å². The topological polar surface area (TPSA) is 50.3 Å². The molecule has 0 aliphatic carbocycles. The van der Waals surface area contributed by atoms with Crippen molar-refractivity contribution < 1.29 is 9.59 Å². The Hall–Kier alpha value is -2.20. The van der Waals surface area contributed by atoms with Crippen molar-refractivity contribution in [3.05, 3.63) is 58.4 Å². The third kappa shape index (κ3) is 2.08. The Kier molecular flexibility index (Phi) is 3.03. The van der Waals surface area contributed by atoms with Crippen molar-refractivity contribution in [3.63, 3.8) is 0 Å². The van der Waals surface area contributed by atoms with Gasteiger partial charge >= 0.3 is 0 Å². The van der Waals surface area contributed by atoms with Gasteiger partial charge in [-0.3, -0.25) is 14.5 Å². The van der Waals surface area contributed by atoms with Crippen LogP contribution in [0.2, 0.25) is 5.15 Å². The van der Waals surface area contributed by atoms with E-state index in [1.54, 1.807) is 30.3 Å². The van der Waals surface area contributed by atoms with Gasteiger partial charge in [-0.2, -0.15) is 0 Å². The van der Waals surface area contributed by atoms with Crippen molar-refractivity contribution in [1.29, 1.82) is 0 Å². The van der Waals surface area contributed by atoms with Gasteiger partial charge in [-0.05, 0) is 31.2 Å². The molecule has 1 aromatic carbocycles. The number of carbonyl (C=O) groups is 2. The SMILES string of the molecule is Cc1ccc2c(c1)C(=O)C(=O)N2Cc1cccc(Cl)n1. The summed E-state index contributed by atoms with van der Waals surface area (Å²) in [6.45, 7) is 2.13. The van der Waals surface area contributed by atoms with Gasteiger partial charge in [0.15, 0.2) is 0 Å². The Labute approximate surface area is 121 Å². The molecule has 100 valence electrons. The lowest BCUT2D eigenvalue weighted by atomic mass is 10.1. The molecule has 1 aliphatic heterocycles. The summed E-state index contributed by atoms with van der Waals surface area (Å²) in [4.78, 5) is 29.6. The van der Waals surface area contributed by atoms with Crippen LogP contribution in [0.5, 0.6) is 0 Å². The first-order chi connectivity index (χ1) is 9.56. The Balaban J connectivity index is 1.99. The summed E-state index contributed by atoms with van der Waals surface area (Å²) in [5, 5.41) is 0.365. The smallest absolute Gasteiger partial charge is 0.299 e. The minimum Gasteiger partial charge on any atom is -0.299 e. The summed E-state index contributed by atoms with van der Waals surface area (Å²) in [5.41, 5.74) is 2.68. The number of benzene rings is 1. The van der Waals surface area contributed by atoms with Crippen molar-refractivity contribution in [3.8, 4) is 0 Å². The number of halogens is 1. The highest BCUT2D eigenvalue weighted by Gasteiger charge is 2.35. The largest absolute Gasteiger partial charge is 0.299 e. The summed E-state index contributed by atoms with van der Waals surface area (Å²) in [6, 6.07) is 10.6. The molecule has 0 spiro atoms. The standard InChI is InChI=1S/C15H11ClN2O2/c1-9-5-6-12-11(7-9)14(19)15(20)18(12)8-10-3-2-4-13(16)17-10/h2-7H,8H2,1H3. The number of fused-ring (bicyclic) bond motifs is 1. The van der Waals surface area contributed by atoms with Gasteiger partial charge < -0.3 is 0 Å². The van der Waals surface area contributed by atoms with Crippen LogP contribution in [0.1, 0.15) is 21.6 Å². The van der Waals surface area contributed by atoms with Crippen LogP contribution in [-0.4, -0.2) is 16.7 Å². The van der Waals surface area contributed by atoms with E-state index in [1.807, 2.05) is 13.0 Å². The zero-order valence-electron chi connectivity index (χ0n) is 10.8. The van der Waals surface area contributed by atoms with E-state index in [0.29, 0.717) is 22.1 Å². The molecule has 1 aliphatic rings. The minimum absolute atomic E-state index is 0.237. The lowest BCUT2D eigenvalue weighted by molar-refractivity contribution is -0.114. The number of aromatic nitrogens is 1. The van der Waals surface area contributed by atoms with Crippen LogP contribution in [0.15, 0.2) is 36.4 Å². The number of pyridine rings is 1. The van der Waals surface area contributed by atoms with Crippen molar-refractivity contribution in [2.75, 3.05) is 4.90 Å². The van der Waals surface area contributed by atoms with E-state index >= 15 is 0 Å².